The molecule has 1 aromatic carbocycles. The summed E-state index contributed by atoms with van der Waals surface area (Å²) >= 11 is 0. The molecule has 17 heavy (non-hydrogen) atoms. The fraction of sp³-hybridized carbons (Fsp3) is 0. The van der Waals surface area contributed by atoms with E-state index in [4.69, 9.17) is 5.73 Å². The third kappa shape index (κ3) is 1.59. The van der Waals surface area contributed by atoms with Gasteiger partial charge < -0.3 is 15.2 Å². The SMILES string of the molecule is Nc1cccc(-c2cn3cccc(O)c3n2)c1. The molecule has 3 N–H and O–H groups in total. The van der Waals surface area contributed by atoms with Gasteiger partial charge in [0.05, 0.1) is 5.69 Å². The molecule has 0 spiro atoms. The summed E-state index contributed by atoms with van der Waals surface area (Å²) < 4.78 is 1.79. The highest BCUT2D eigenvalue weighted by Gasteiger charge is 2.06. The van der Waals surface area contributed by atoms with Gasteiger partial charge in [-0.25, -0.2) is 4.98 Å². The minimum absolute atomic E-state index is 0.169. The molecule has 0 saturated heterocycles. The van der Waals surface area contributed by atoms with E-state index in [2.05, 4.69) is 4.98 Å². The molecule has 0 unspecified atom stereocenters. The van der Waals surface area contributed by atoms with E-state index in [1.165, 1.54) is 0 Å². The summed E-state index contributed by atoms with van der Waals surface area (Å²) in [6.45, 7) is 0. The second-order valence-electron chi connectivity index (χ2n) is 3.88. The van der Waals surface area contributed by atoms with Gasteiger partial charge in [-0.15, -0.1) is 0 Å². The van der Waals surface area contributed by atoms with Gasteiger partial charge in [0.1, 0.15) is 0 Å². The van der Waals surface area contributed by atoms with Crippen LogP contribution in [0.2, 0.25) is 0 Å². The molecule has 2 heterocycles. The van der Waals surface area contributed by atoms with Crippen LogP contribution in [-0.2, 0) is 0 Å². The van der Waals surface area contributed by atoms with E-state index >= 15 is 0 Å². The number of hydrogen-bond donors (Lipinski definition) is 2. The van der Waals surface area contributed by atoms with Crippen molar-refractivity contribution >= 4 is 11.3 Å². The van der Waals surface area contributed by atoms with E-state index in [0.29, 0.717) is 11.3 Å². The van der Waals surface area contributed by atoms with E-state index in [1.54, 1.807) is 16.5 Å². The standard InChI is InChI=1S/C13H11N3O/c14-10-4-1-3-9(7-10)11-8-16-6-2-5-12(17)13(16)15-11/h1-8,17H,14H2. The van der Waals surface area contributed by atoms with Crippen molar-refractivity contribution in [3.05, 3.63) is 48.8 Å². The summed E-state index contributed by atoms with van der Waals surface area (Å²) in [5.74, 6) is 0.169. The van der Waals surface area contributed by atoms with Crippen LogP contribution in [0.1, 0.15) is 0 Å². The Balaban J connectivity index is 2.22. The van der Waals surface area contributed by atoms with Crippen molar-refractivity contribution in [2.45, 2.75) is 0 Å². The van der Waals surface area contributed by atoms with Crippen LogP contribution in [0.4, 0.5) is 5.69 Å². The largest absolute Gasteiger partial charge is 0.504 e. The van der Waals surface area contributed by atoms with Crippen molar-refractivity contribution < 1.29 is 5.11 Å². The number of anilines is 1. The number of rotatable bonds is 1. The molecule has 0 amide bonds. The van der Waals surface area contributed by atoms with Gasteiger partial charge in [-0.2, -0.15) is 0 Å². The summed E-state index contributed by atoms with van der Waals surface area (Å²) in [5, 5.41) is 9.68. The smallest absolute Gasteiger partial charge is 0.180 e. The number of imidazole rings is 1. The summed E-state index contributed by atoms with van der Waals surface area (Å²) in [6.07, 6.45) is 3.71. The van der Waals surface area contributed by atoms with Gasteiger partial charge in [-0.3, -0.25) is 0 Å². The Kier molecular flexibility index (Phi) is 2.01. The Labute approximate surface area is 98.0 Å². The van der Waals surface area contributed by atoms with Gasteiger partial charge >= 0.3 is 0 Å². The number of nitrogens with two attached hydrogens (primary N) is 1. The van der Waals surface area contributed by atoms with Crippen LogP contribution in [0.3, 0.4) is 0 Å². The minimum Gasteiger partial charge on any atom is -0.504 e. The first-order valence-corrected chi connectivity index (χ1v) is 5.26. The van der Waals surface area contributed by atoms with Gasteiger partial charge in [0.15, 0.2) is 11.4 Å². The molecule has 4 heteroatoms. The Morgan fingerprint density at radius 3 is 2.82 bits per heavy atom. The highest BCUT2D eigenvalue weighted by Crippen LogP contribution is 2.24. The molecule has 0 atom stereocenters. The molecule has 2 aromatic heterocycles. The lowest BCUT2D eigenvalue weighted by atomic mass is 10.1. The highest BCUT2D eigenvalue weighted by atomic mass is 16.3. The maximum atomic E-state index is 9.68. The molecule has 4 nitrogen and oxygen atoms in total. The predicted molar refractivity (Wildman–Crippen MR) is 66.7 cm³/mol. The monoisotopic (exact) mass is 225 g/mol. The van der Waals surface area contributed by atoms with Crippen LogP contribution in [-0.4, -0.2) is 14.5 Å². The lowest BCUT2D eigenvalue weighted by molar-refractivity contribution is 0.477. The summed E-state index contributed by atoms with van der Waals surface area (Å²) in [4.78, 5) is 4.38. The van der Waals surface area contributed by atoms with E-state index in [-0.39, 0.29) is 5.75 Å². The second-order valence-corrected chi connectivity index (χ2v) is 3.88. The van der Waals surface area contributed by atoms with Gasteiger partial charge in [0, 0.05) is 23.6 Å². The number of benzene rings is 1. The zero-order chi connectivity index (χ0) is 11.8. The molecule has 0 aliphatic heterocycles. The van der Waals surface area contributed by atoms with E-state index in [1.807, 2.05) is 36.7 Å². The van der Waals surface area contributed by atoms with Crippen LogP contribution in [0.25, 0.3) is 16.9 Å². The van der Waals surface area contributed by atoms with Gasteiger partial charge in [-0.05, 0) is 24.3 Å². The average molecular weight is 225 g/mol. The maximum absolute atomic E-state index is 9.68. The van der Waals surface area contributed by atoms with Crippen LogP contribution in [0.15, 0.2) is 48.8 Å². The number of aromatic hydroxyl groups is 1. The molecule has 3 rings (SSSR count). The lowest BCUT2D eigenvalue weighted by Crippen LogP contribution is -1.84. The van der Waals surface area contributed by atoms with Gasteiger partial charge in [0.2, 0.25) is 0 Å². The number of nitrogens with zero attached hydrogens (tertiary/aromatic N) is 2. The Bertz CT molecular complexity index is 688. The van der Waals surface area contributed by atoms with Crippen LogP contribution in [0, 0.1) is 0 Å². The van der Waals surface area contributed by atoms with E-state index < -0.39 is 0 Å². The lowest BCUT2D eigenvalue weighted by Gasteiger charge is -1.96. The molecule has 0 radical (unpaired) electrons. The molecular weight excluding hydrogens is 214 g/mol. The molecule has 3 aromatic rings. The fourth-order valence-corrected chi connectivity index (χ4v) is 1.84. The first-order valence-electron chi connectivity index (χ1n) is 5.26. The first-order chi connectivity index (χ1) is 8.24. The zero-order valence-electron chi connectivity index (χ0n) is 9.04. The number of hydrogen-bond acceptors (Lipinski definition) is 3. The molecule has 84 valence electrons. The predicted octanol–water partition coefficient (Wildman–Crippen LogP) is 2.29. The first kappa shape index (κ1) is 9.72. The third-order valence-corrected chi connectivity index (χ3v) is 2.64. The van der Waals surface area contributed by atoms with Crippen molar-refractivity contribution in [3.63, 3.8) is 0 Å². The Morgan fingerprint density at radius 1 is 1.18 bits per heavy atom. The van der Waals surface area contributed by atoms with Crippen molar-refractivity contribution in [1.29, 1.82) is 0 Å². The minimum atomic E-state index is 0.169. The van der Waals surface area contributed by atoms with Crippen molar-refractivity contribution in [1.82, 2.24) is 9.38 Å². The molecule has 0 fully saturated rings. The van der Waals surface area contributed by atoms with Gasteiger partial charge in [0.25, 0.3) is 0 Å². The Morgan fingerprint density at radius 2 is 2.06 bits per heavy atom. The van der Waals surface area contributed by atoms with Crippen molar-refractivity contribution in [2.24, 2.45) is 0 Å². The number of pyridine rings is 1. The quantitative estimate of drug-likeness (QED) is 0.624. The molecule has 0 aliphatic carbocycles. The van der Waals surface area contributed by atoms with E-state index in [9.17, 15) is 5.11 Å². The van der Waals surface area contributed by atoms with Crippen molar-refractivity contribution in [3.8, 4) is 17.0 Å². The van der Waals surface area contributed by atoms with Crippen LogP contribution < -0.4 is 5.73 Å². The van der Waals surface area contributed by atoms with E-state index in [0.717, 1.165) is 11.3 Å². The highest BCUT2D eigenvalue weighted by molar-refractivity contribution is 5.68. The summed E-state index contributed by atoms with van der Waals surface area (Å²) in [6, 6.07) is 10.9. The molecular formula is C13H11N3O. The number of fused-ring (bicyclic) bond motifs is 1. The second kappa shape index (κ2) is 3.52. The van der Waals surface area contributed by atoms with Crippen molar-refractivity contribution in [2.75, 3.05) is 5.73 Å². The number of aromatic nitrogens is 2. The zero-order valence-corrected chi connectivity index (χ0v) is 9.04. The average Bonchev–Trinajstić information content (AvgIpc) is 2.74. The summed E-state index contributed by atoms with van der Waals surface area (Å²) in [5.41, 5.74) is 8.71. The maximum Gasteiger partial charge on any atom is 0.180 e. The van der Waals surface area contributed by atoms with Crippen LogP contribution in [0.5, 0.6) is 5.75 Å². The number of nitrogen functional groups attached to an aromatic ring is 1. The molecule has 0 aliphatic rings. The Hall–Kier alpha value is -2.49. The fourth-order valence-electron chi connectivity index (χ4n) is 1.84. The molecule has 0 bridgehead atoms. The third-order valence-electron chi connectivity index (χ3n) is 2.64. The van der Waals surface area contributed by atoms with Gasteiger partial charge in [-0.1, -0.05) is 12.1 Å². The topological polar surface area (TPSA) is 63.5 Å². The normalized spacial score (nSPS) is 10.8. The van der Waals surface area contributed by atoms with Crippen LogP contribution >= 0.6 is 0 Å². The molecule has 0 saturated carbocycles. The summed E-state index contributed by atoms with van der Waals surface area (Å²) in [7, 11) is 0.